The fourth-order valence-electron chi connectivity index (χ4n) is 3.10. The molecule has 1 aromatic heterocycles. The summed E-state index contributed by atoms with van der Waals surface area (Å²) in [6.07, 6.45) is 2.25. The minimum absolute atomic E-state index is 0.0899. The van der Waals surface area contributed by atoms with Crippen LogP contribution in [0.15, 0.2) is 30.3 Å². The SMILES string of the molecule is Cc1ccc(C2OCCCC2CNc2nc(C)cc(C#N)n2)cc1. The highest BCUT2D eigenvalue weighted by molar-refractivity contribution is 5.33. The smallest absolute Gasteiger partial charge is 0.224 e. The summed E-state index contributed by atoms with van der Waals surface area (Å²) in [4.78, 5) is 8.58. The molecule has 0 aliphatic carbocycles. The van der Waals surface area contributed by atoms with Gasteiger partial charge in [-0.3, -0.25) is 0 Å². The van der Waals surface area contributed by atoms with Crippen molar-refractivity contribution >= 4 is 5.95 Å². The number of anilines is 1. The zero-order chi connectivity index (χ0) is 16.9. The van der Waals surface area contributed by atoms with E-state index in [1.807, 2.05) is 6.92 Å². The maximum atomic E-state index is 9.03. The molecule has 1 aliphatic heterocycles. The van der Waals surface area contributed by atoms with Crippen molar-refractivity contribution in [2.45, 2.75) is 32.8 Å². The number of hydrogen-bond acceptors (Lipinski definition) is 5. The quantitative estimate of drug-likeness (QED) is 0.932. The van der Waals surface area contributed by atoms with Gasteiger partial charge in [0.05, 0.1) is 6.10 Å². The number of rotatable bonds is 4. The Morgan fingerprint density at radius 2 is 2.04 bits per heavy atom. The van der Waals surface area contributed by atoms with Crippen molar-refractivity contribution < 1.29 is 4.74 Å². The van der Waals surface area contributed by atoms with Crippen LogP contribution in [0.3, 0.4) is 0 Å². The molecule has 2 unspecified atom stereocenters. The van der Waals surface area contributed by atoms with Gasteiger partial charge in [0, 0.05) is 24.8 Å². The molecular formula is C19H22N4O. The molecule has 0 saturated carbocycles. The van der Waals surface area contributed by atoms with Gasteiger partial charge in [0.1, 0.15) is 11.8 Å². The molecule has 2 atom stereocenters. The van der Waals surface area contributed by atoms with Crippen molar-refractivity contribution in [3.63, 3.8) is 0 Å². The Morgan fingerprint density at radius 1 is 1.25 bits per heavy atom. The molecule has 0 radical (unpaired) electrons. The van der Waals surface area contributed by atoms with Crippen LogP contribution < -0.4 is 5.32 Å². The van der Waals surface area contributed by atoms with Crippen molar-refractivity contribution in [3.05, 3.63) is 52.8 Å². The topological polar surface area (TPSA) is 70.8 Å². The molecule has 124 valence electrons. The van der Waals surface area contributed by atoms with Gasteiger partial charge < -0.3 is 10.1 Å². The normalized spacial score (nSPS) is 20.4. The number of hydrogen-bond donors (Lipinski definition) is 1. The molecule has 1 N–H and O–H groups in total. The average Bonchev–Trinajstić information content (AvgIpc) is 2.60. The predicted molar refractivity (Wildman–Crippen MR) is 92.6 cm³/mol. The van der Waals surface area contributed by atoms with Gasteiger partial charge in [0.15, 0.2) is 0 Å². The summed E-state index contributed by atoms with van der Waals surface area (Å²) in [5.41, 5.74) is 3.65. The Kier molecular flexibility index (Phi) is 5.07. The summed E-state index contributed by atoms with van der Waals surface area (Å²) in [5, 5.41) is 12.3. The third-order valence-corrected chi connectivity index (χ3v) is 4.34. The molecule has 0 amide bonds. The van der Waals surface area contributed by atoms with Crippen molar-refractivity contribution in [1.29, 1.82) is 5.26 Å². The van der Waals surface area contributed by atoms with Crippen LogP contribution in [0.25, 0.3) is 0 Å². The minimum atomic E-state index is 0.0899. The highest BCUT2D eigenvalue weighted by atomic mass is 16.5. The Bertz CT molecular complexity index is 736. The van der Waals surface area contributed by atoms with E-state index in [1.54, 1.807) is 6.07 Å². The fraction of sp³-hybridized carbons (Fsp3) is 0.421. The first-order valence-corrected chi connectivity index (χ1v) is 8.33. The van der Waals surface area contributed by atoms with E-state index in [0.29, 0.717) is 17.6 Å². The molecule has 5 nitrogen and oxygen atoms in total. The summed E-state index contributed by atoms with van der Waals surface area (Å²) >= 11 is 0. The van der Waals surface area contributed by atoms with Gasteiger partial charge in [-0.2, -0.15) is 5.26 Å². The summed E-state index contributed by atoms with van der Waals surface area (Å²) in [6, 6.07) is 12.3. The molecule has 1 aliphatic rings. The maximum absolute atomic E-state index is 9.03. The summed E-state index contributed by atoms with van der Waals surface area (Å²) in [5.74, 6) is 0.871. The number of aryl methyl sites for hydroxylation is 2. The molecule has 5 heteroatoms. The number of nitrogens with zero attached hydrogens (tertiary/aromatic N) is 3. The van der Waals surface area contributed by atoms with Crippen molar-refractivity contribution in [1.82, 2.24) is 9.97 Å². The lowest BCUT2D eigenvalue weighted by atomic mass is 9.89. The van der Waals surface area contributed by atoms with Crippen molar-refractivity contribution in [2.24, 2.45) is 5.92 Å². The number of benzene rings is 1. The molecule has 1 aromatic carbocycles. The molecule has 3 rings (SSSR count). The molecule has 0 spiro atoms. The second-order valence-corrected chi connectivity index (χ2v) is 6.32. The summed E-state index contributed by atoms with van der Waals surface area (Å²) < 4.78 is 6.04. The Hall–Kier alpha value is -2.45. The largest absolute Gasteiger partial charge is 0.373 e. The van der Waals surface area contributed by atoms with Gasteiger partial charge in [-0.25, -0.2) is 9.97 Å². The third kappa shape index (κ3) is 3.90. The highest BCUT2D eigenvalue weighted by Crippen LogP contribution is 2.33. The van der Waals surface area contributed by atoms with Crippen LogP contribution in [-0.4, -0.2) is 23.1 Å². The maximum Gasteiger partial charge on any atom is 0.224 e. The molecule has 1 fully saturated rings. The lowest BCUT2D eigenvalue weighted by Gasteiger charge is -2.32. The number of nitrogens with one attached hydrogen (secondary N) is 1. The first kappa shape index (κ1) is 16.4. The van der Waals surface area contributed by atoms with E-state index >= 15 is 0 Å². The van der Waals surface area contributed by atoms with Gasteiger partial charge >= 0.3 is 0 Å². The lowest BCUT2D eigenvalue weighted by molar-refractivity contribution is -0.0238. The van der Waals surface area contributed by atoms with E-state index in [-0.39, 0.29) is 6.10 Å². The average molecular weight is 322 g/mol. The van der Waals surface area contributed by atoms with Crippen molar-refractivity contribution in [3.8, 4) is 6.07 Å². The molecular weight excluding hydrogens is 300 g/mol. The standard InChI is InChI=1S/C19H22N4O/c1-13-5-7-15(8-6-13)18-16(4-3-9-24-18)12-21-19-22-14(2)10-17(11-20)23-19/h5-8,10,16,18H,3-4,9,12H2,1-2H3,(H,21,22,23). The van der Waals surface area contributed by atoms with E-state index in [2.05, 4.69) is 52.5 Å². The van der Waals surface area contributed by atoms with E-state index in [4.69, 9.17) is 10.00 Å². The Labute approximate surface area is 142 Å². The van der Waals surface area contributed by atoms with Gasteiger partial charge in [0.25, 0.3) is 0 Å². The minimum Gasteiger partial charge on any atom is -0.373 e. The van der Waals surface area contributed by atoms with E-state index < -0.39 is 0 Å². The molecule has 2 heterocycles. The zero-order valence-electron chi connectivity index (χ0n) is 14.1. The molecule has 2 aromatic rings. The first-order valence-electron chi connectivity index (χ1n) is 8.33. The molecule has 1 saturated heterocycles. The van der Waals surface area contributed by atoms with Gasteiger partial charge in [-0.15, -0.1) is 0 Å². The number of nitriles is 1. The van der Waals surface area contributed by atoms with Crippen LogP contribution >= 0.6 is 0 Å². The predicted octanol–water partition coefficient (Wildman–Crippen LogP) is 3.54. The van der Waals surface area contributed by atoms with E-state index in [1.165, 1.54) is 11.1 Å². The van der Waals surface area contributed by atoms with Crippen LogP contribution in [0.4, 0.5) is 5.95 Å². The van der Waals surface area contributed by atoms with Gasteiger partial charge in [-0.1, -0.05) is 29.8 Å². The van der Waals surface area contributed by atoms with Crippen LogP contribution in [0.1, 0.15) is 41.5 Å². The second-order valence-electron chi connectivity index (χ2n) is 6.32. The Morgan fingerprint density at radius 3 is 2.79 bits per heavy atom. The molecule has 0 bridgehead atoms. The molecule has 24 heavy (non-hydrogen) atoms. The van der Waals surface area contributed by atoms with E-state index in [9.17, 15) is 0 Å². The summed E-state index contributed by atoms with van der Waals surface area (Å²) in [6.45, 7) is 5.49. The van der Waals surface area contributed by atoms with Crippen LogP contribution in [0.2, 0.25) is 0 Å². The van der Waals surface area contributed by atoms with Gasteiger partial charge in [-0.05, 0) is 38.3 Å². The monoisotopic (exact) mass is 322 g/mol. The van der Waals surface area contributed by atoms with Crippen molar-refractivity contribution in [2.75, 3.05) is 18.5 Å². The number of ether oxygens (including phenoxy) is 1. The number of aromatic nitrogens is 2. The van der Waals surface area contributed by atoms with E-state index in [0.717, 1.165) is 31.7 Å². The van der Waals surface area contributed by atoms with Crippen LogP contribution in [0.5, 0.6) is 0 Å². The Balaban J connectivity index is 1.71. The fourth-order valence-corrected chi connectivity index (χ4v) is 3.10. The zero-order valence-corrected chi connectivity index (χ0v) is 14.1. The lowest BCUT2D eigenvalue weighted by Crippen LogP contribution is -2.28. The summed E-state index contributed by atoms with van der Waals surface area (Å²) in [7, 11) is 0. The van der Waals surface area contributed by atoms with Crippen LogP contribution in [-0.2, 0) is 4.74 Å². The first-order chi connectivity index (χ1) is 11.7. The van der Waals surface area contributed by atoms with Gasteiger partial charge in [0.2, 0.25) is 5.95 Å². The van der Waals surface area contributed by atoms with Crippen LogP contribution in [0, 0.1) is 31.1 Å². The second kappa shape index (κ2) is 7.41. The highest BCUT2D eigenvalue weighted by Gasteiger charge is 2.27. The third-order valence-electron chi connectivity index (χ3n) is 4.34.